The number of amides is 2. The second kappa shape index (κ2) is 8.18. The Morgan fingerprint density at radius 1 is 1.26 bits per heavy atom. The molecule has 6 heteroatoms. The number of carbonyl (C=O) groups is 1. The standard InChI is InChI=1S/C17H16ClN3O2/c18-15-10-14(7-6-13(15)11-19)20-17(23)21-16(8-9-22)12-4-2-1-3-5-12/h1-7,10,16,22H,8-9H2,(H2,20,21,23)/t16-/m1/s1. The summed E-state index contributed by atoms with van der Waals surface area (Å²) in [5, 5.41) is 23.8. The van der Waals surface area contributed by atoms with Crippen LogP contribution in [0.3, 0.4) is 0 Å². The van der Waals surface area contributed by atoms with Crippen LogP contribution in [-0.4, -0.2) is 17.7 Å². The number of nitriles is 1. The molecule has 2 aromatic carbocycles. The molecule has 0 unspecified atom stereocenters. The Hall–Kier alpha value is -2.55. The monoisotopic (exact) mass is 329 g/mol. The van der Waals surface area contributed by atoms with Crippen LogP contribution in [0.25, 0.3) is 0 Å². The highest BCUT2D eigenvalue weighted by molar-refractivity contribution is 6.32. The fraction of sp³-hybridized carbons (Fsp3) is 0.176. The molecule has 0 radical (unpaired) electrons. The van der Waals surface area contributed by atoms with Crippen molar-refractivity contribution < 1.29 is 9.90 Å². The van der Waals surface area contributed by atoms with E-state index in [-0.39, 0.29) is 17.7 Å². The second-order valence-corrected chi connectivity index (χ2v) is 5.29. The quantitative estimate of drug-likeness (QED) is 0.785. The Labute approximate surface area is 139 Å². The minimum Gasteiger partial charge on any atom is -0.396 e. The van der Waals surface area contributed by atoms with Crippen molar-refractivity contribution in [3.05, 3.63) is 64.7 Å². The Kier molecular flexibility index (Phi) is 5.98. The zero-order chi connectivity index (χ0) is 16.7. The van der Waals surface area contributed by atoms with Crippen LogP contribution in [0.2, 0.25) is 5.02 Å². The first-order chi connectivity index (χ1) is 11.1. The molecule has 2 rings (SSSR count). The Balaban J connectivity index is 2.05. The van der Waals surface area contributed by atoms with Crippen LogP contribution in [0, 0.1) is 11.3 Å². The summed E-state index contributed by atoms with van der Waals surface area (Å²) in [7, 11) is 0. The lowest BCUT2D eigenvalue weighted by molar-refractivity contribution is 0.239. The summed E-state index contributed by atoms with van der Waals surface area (Å²) in [4.78, 5) is 12.1. The van der Waals surface area contributed by atoms with E-state index in [4.69, 9.17) is 16.9 Å². The van der Waals surface area contributed by atoms with Crippen molar-refractivity contribution in [1.82, 2.24) is 5.32 Å². The zero-order valence-corrected chi connectivity index (χ0v) is 13.0. The third kappa shape index (κ3) is 4.71. The number of rotatable bonds is 5. The van der Waals surface area contributed by atoms with Gasteiger partial charge >= 0.3 is 6.03 Å². The first-order valence-corrected chi connectivity index (χ1v) is 7.45. The molecule has 0 aliphatic rings. The summed E-state index contributed by atoms with van der Waals surface area (Å²) in [5.74, 6) is 0. The van der Waals surface area contributed by atoms with Gasteiger partial charge in [-0.2, -0.15) is 5.26 Å². The number of nitrogens with one attached hydrogen (secondary N) is 2. The summed E-state index contributed by atoms with van der Waals surface area (Å²) < 4.78 is 0. The number of halogens is 1. The van der Waals surface area contributed by atoms with Gasteiger partial charge in [0, 0.05) is 12.3 Å². The van der Waals surface area contributed by atoms with E-state index in [9.17, 15) is 9.90 Å². The molecule has 1 atom stereocenters. The van der Waals surface area contributed by atoms with E-state index in [2.05, 4.69) is 10.6 Å². The maximum atomic E-state index is 12.1. The molecule has 2 amide bonds. The molecular weight excluding hydrogens is 314 g/mol. The fourth-order valence-corrected chi connectivity index (χ4v) is 2.37. The zero-order valence-electron chi connectivity index (χ0n) is 12.3. The van der Waals surface area contributed by atoms with E-state index >= 15 is 0 Å². The predicted molar refractivity (Wildman–Crippen MR) is 89.2 cm³/mol. The molecule has 0 saturated carbocycles. The molecule has 0 aliphatic carbocycles. The van der Waals surface area contributed by atoms with Crippen molar-refractivity contribution in [2.45, 2.75) is 12.5 Å². The fourth-order valence-electron chi connectivity index (χ4n) is 2.15. The lowest BCUT2D eigenvalue weighted by Crippen LogP contribution is -2.33. The van der Waals surface area contributed by atoms with Crippen LogP contribution in [0.15, 0.2) is 48.5 Å². The van der Waals surface area contributed by atoms with Gasteiger partial charge in [0.15, 0.2) is 0 Å². The van der Waals surface area contributed by atoms with Gasteiger partial charge in [-0.05, 0) is 30.2 Å². The normalized spacial score (nSPS) is 11.3. The smallest absolute Gasteiger partial charge is 0.319 e. The number of hydrogen-bond acceptors (Lipinski definition) is 3. The highest BCUT2D eigenvalue weighted by Crippen LogP contribution is 2.21. The van der Waals surface area contributed by atoms with Gasteiger partial charge in [0.05, 0.1) is 16.6 Å². The average Bonchev–Trinajstić information content (AvgIpc) is 2.55. The summed E-state index contributed by atoms with van der Waals surface area (Å²) in [6, 6.07) is 15.3. The largest absolute Gasteiger partial charge is 0.396 e. The molecule has 0 spiro atoms. The van der Waals surface area contributed by atoms with Crippen LogP contribution in [-0.2, 0) is 0 Å². The van der Waals surface area contributed by atoms with E-state index < -0.39 is 6.03 Å². The van der Waals surface area contributed by atoms with Gasteiger partial charge in [0.1, 0.15) is 6.07 Å². The number of aliphatic hydroxyl groups excluding tert-OH is 1. The topological polar surface area (TPSA) is 85.2 Å². The second-order valence-electron chi connectivity index (χ2n) is 4.88. The summed E-state index contributed by atoms with van der Waals surface area (Å²) in [6.45, 7) is -0.0392. The first kappa shape index (κ1) is 16.8. The van der Waals surface area contributed by atoms with Crippen LogP contribution in [0.1, 0.15) is 23.6 Å². The average molecular weight is 330 g/mol. The number of nitrogens with zero attached hydrogens (tertiary/aromatic N) is 1. The Morgan fingerprint density at radius 3 is 2.61 bits per heavy atom. The number of hydrogen-bond donors (Lipinski definition) is 3. The molecule has 0 bridgehead atoms. The highest BCUT2D eigenvalue weighted by atomic mass is 35.5. The maximum Gasteiger partial charge on any atom is 0.319 e. The molecule has 118 valence electrons. The SMILES string of the molecule is N#Cc1ccc(NC(=O)N[C@H](CCO)c2ccccc2)cc1Cl. The van der Waals surface area contributed by atoms with Crippen molar-refractivity contribution in [1.29, 1.82) is 5.26 Å². The molecule has 5 nitrogen and oxygen atoms in total. The minimum atomic E-state index is -0.409. The molecule has 0 heterocycles. The number of benzene rings is 2. The molecule has 0 fully saturated rings. The van der Waals surface area contributed by atoms with Gasteiger partial charge in [-0.25, -0.2) is 4.79 Å². The van der Waals surface area contributed by atoms with Gasteiger partial charge in [0.2, 0.25) is 0 Å². The third-order valence-electron chi connectivity index (χ3n) is 3.27. The van der Waals surface area contributed by atoms with Gasteiger partial charge in [-0.1, -0.05) is 41.9 Å². The molecule has 3 N–H and O–H groups in total. The lowest BCUT2D eigenvalue weighted by atomic mass is 10.0. The van der Waals surface area contributed by atoms with Crippen molar-refractivity contribution in [2.75, 3.05) is 11.9 Å². The molecule has 2 aromatic rings. The van der Waals surface area contributed by atoms with Gasteiger partial charge in [0.25, 0.3) is 0 Å². The van der Waals surface area contributed by atoms with Crippen molar-refractivity contribution in [2.24, 2.45) is 0 Å². The highest BCUT2D eigenvalue weighted by Gasteiger charge is 2.14. The van der Waals surface area contributed by atoms with E-state index in [1.54, 1.807) is 12.1 Å². The number of anilines is 1. The van der Waals surface area contributed by atoms with Gasteiger partial charge in [-0.15, -0.1) is 0 Å². The third-order valence-corrected chi connectivity index (χ3v) is 3.59. The first-order valence-electron chi connectivity index (χ1n) is 7.07. The molecule has 0 saturated heterocycles. The Morgan fingerprint density at radius 2 is 2.00 bits per heavy atom. The van der Waals surface area contributed by atoms with Crippen LogP contribution >= 0.6 is 11.6 Å². The lowest BCUT2D eigenvalue weighted by Gasteiger charge is -2.18. The van der Waals surface area contributed by atoms with E-state index in [1.807, 2.05) is 36.4 Å². The van der Waals surface area contributed by atoms with Crippen LogP contribution < -0.4 is 10.6 Å². The molecule has 0 aromatic heterocycles. The summed E-state index contributed by atoms with van der Waals surface area (Å²) >= 11 is 5.94. The number of urea groups is 1. The molecule has 0 aliphatic heterocycles. The predicted octanol–water partition coefficient (Wildman–Crippen LogP) is 3.46. The van der Waals surface area contributed by atoms with Crippen molar-refractivity contribution in [3.8, 4) is 6.07 Å². The summed E-state index contributed by atoms with van der Waals surface area (Å²) in [6.07, 6.45) is 0.408. The maximum absolute atomic E-state index is 12.1. The van der Waals surface area contributed by atoms with Crippen LogP contribution in [0.5, 0.6) is 0 Å². The van der Waals surface area contributed by atoms with Crippen molar-refractivity contribution in [3.63, 3.8) is 0 Å². The summed E-state index contributed by atoms with van der Waals surface area (Å²) in [5.41, 5.74) is 1.75. The van der Waals surface area contributed by atoms with Gasteiger partial charge < -0.3 is 15.7 Å². The minimum absolute atomic E-state index is 0.0392. The van der Waals surface area contributed by atoms with Crippen LogP contribution in [0.4, 0.5) is 10.5 Å². The Bertz CT molecular complexity index is 714. The number of aliphatic hydroxyl groups is 1. The van der Waals surface area contributed by atoms with E-state index in [1.165, 1.54) is 6.07 Å². The van der Waals surface area contributed by atoms with Gasteiger partial charge in [-0.3, -0.25) is 0 Å². The molecular formula is C17H16ClN3O2. The molecule has 23 heavy (non-hydrogen) atoms. The van der Waals surface area contributed by atoms with E-state index in [0.29, 0.717) is 17.7 Å². The van der Waals surface area contributed by atoms with Crippen molar-refractivity contribution >= 4 is 23.3 Å². The van der Waals surface area contributed by atoms with E-state index in [0.717, 1.165) is 5.56 Å². The number of carbonyl (C=O) groups excluding carboxylic acids is 1.